The Bertz CT molecular complexity index is 608. The van der Waals surface area contributed by atoms with Gasteiger partial charge in [-0.1, -0.05) is 42.0 Å². The molecule has 2 aromatic rings. The highest BCUT2D eigenvalue weighted by atomic mass is 32.1. The van der Waals surface area contributed by atoms with Gasteiger partial charge < -0.3 is 15.4 Å². The molecule has 1 atom stereocenters. The van der Waals surface area contributed by atoms with Crippen molar-refractivity contribution in [3.05, 3.63) is 65.2 Å². The standard InChI is InChI=1S/C18H22N2OS/c1-13-4-6-15(7-5-13)12-19-18(22)20-14(2)16-8-10-17(21-3)11-9-16/h4-11,14H,12H2,1-3H3,(H2,19,20,22). The van der Waals surface area contributed by atoms with Gasteiger partial charge in [-0.15, -0.1) is 0 Å². The molecular formula is C18H22N2OS. The fourth-order valence-electron chi connectivity index (χ4n) is 2.11. The van der Waals surface area contributed by atoms with E-state index in [9.17, 15) is 0 Å². The van der Waals surface area contributed by atoms with E-state index in [4.69, 9.17) is 17.0 Å². The van der Waals surface area contributed by atoms with E-state index in [0.717, 1.165) is 12.3 Å². The molecule has 0 aliphatic rings. The molecule has 0 spiro atoms. The fourth-order valence-corrected chi connectivity index (χ4v) is 2.36. The van der Waals surface area contributed by atoms with Gasteiger partial charge in [0.2, 0.25) is 0 Å². The molecule has 0 saturated carbocycles. The van der Waals surface area contributed by atoms with Crippen molar-refractivity contribution in [1.29, 1.82) is 0 Å². The quantitative estimate of drug-likeness (QED) is 0.824. The zero-order chi connectivity index (χ0) is 15.9. The Hall–Kier alpha value is -2.07. The van der Waals surface area contributed by atoms with Crippen LogP contribution in [0.5, 0.6) is 5.75 Å². The van der Waals surface area contributed by atoms with Crippen LogP contribution in [0.4, 0.5) is 0 Å². The molecule has 0 fully saturated rings. The molecule has 4 heteroatoms. The van der Waals surface area contributed by atoms with Crippen LogP contribution in [0.15, 0.2) is 48.5 Å². The second kappa shape index (κ2) is 7.80. The van der Waals surface area contributed by atoms with Crippen molar-refractivity contribution in [2.45, 2.75) is 26.4 Å². The molecule has 0 heterocycles. The Morgan fingerprint density at radius 1 is 1.09 bits per heavy atom. The van der Waals surface area contributed by atoms with Gasteiger partial charge in [0.15, 0.2) is 5.11 Å². The van der Waals surface area contributed by atoms with Gasteiger partial charge in [-0.3, -0.25) is 0 Å². The first-order valence-corrected chi connectivity index (χ1v) is 7.73. The van der Waals surface area contributed by atoms with Crippen molar-refractivity contribution in [2.75, 3.05) is 7.11 Å². The third kappa shape index (κ3) is 4.74. The summed E-state index contributed by atoms with van der Waals surface area (Å²) in [6, 6.07) is 16.6. The summed E-state index contributed by atoms with van der Waals surface area (Å²) in [5, 5.41) is 7.19. The number of hydrogen-bond donors (Lipinski definition) is 2. The van der Waals surface area contributed by atoms with E-state index in [0.29, 0.717) is 5.11 Å². The molecule has 3 nitrogen and oxygen atoms in total. The predicted octanol–water partition coefficient (Wildman–Crippen LogP) is 3.73. The molecule has 116 valence electrons. The number of ether oxygens (including phenoxy) is 1. The van der Waals surface area contributed by atoms with Gasteiger partial charge in [0.05, 0.1) is 13.2 Å². The summed E-state index contributed by atoms with van der Waals surface area (Å²) in [6.07, 6.45) is 0. The highest BCUT2D eigenvalue weighted by Crippen LogP contribution is 2.17. The Morgan fingerprint density at radius 3 is 2.32 bits per heavy atom. The lowest BCUT2D eigenvalue weighted by atomic mass is 10.1. The zero-order valence-corrected chi connectivity index (χ0v) is 14.0. The van der Waals surface area contributed by atoms with Crippen molar-refractivity contribution in [3.63, 3.8) is 0 Å². The fraction of sp³-hybridized carbons (Fsp3) is 0.278. The minimum atomic E-state index is 0.143. The minimum Gasteiger partial charge on any atom is -0.497 e. The highest BCUT2D eigenvalue weighted by Gasteiger charge is 2.07. The Balaban J connectivity index is 1.83. The van der Waals surface area contributed by atoms with E-state index in [2.05, 4.69) is 48.7 Å². The minimum absolute atomic E-state index is 0.143. The summed E-state index contributed by atoms with van der Waals surface area (Å²) in [7, 11) is 1.67. The van der Waals surface area contributed by atoms with Crippen LogP contribution in [0.2, 0.25) is 0 Å². The van der Waals surface area contributed by atoms with E-state index in [1.165, 1.54) is 16.7 Å². The van der Waals surface area contributed by atoms with E-state index in [-0.39, 0.29) is 6.04 Å². The molecule has 0 amide bonds. The molecule has 0 bridgehead atoms. The third-order valence-electron chi connectivity index (χ3n) is 3.54. The number of aryl methyl sites for hydroxylation is 1. The summed E-state index contributed by atoms with van der Waals surface area (Å²) in [6.45, 7) is 4.89. The summed E-state index contributed by atoms with van der Waals surface area (Å²) in [4.78, 5) is 0. The first kappa shape index (κ1) is 16.3. The second-order valence-corrected chi connectivity index (χ2v) is 5.72. The van der Waals surface area contributed by atoms with E-state index < -0.39 is 0 Å². The van der Waals surface area contributed by atoms with Crippen LogP contribution in [0.1, 0.15) is 29.7 Å². The van der Waals surface area contributed by atoms with Crippen LogP contribution in [0.3, 0.4) is 0 Å². The number of rotatable bonds is 5. The third-order valence-corrected chi connectivity index (χ3v) is 3.80. The maximum Gasteiger partial charge on any atom is 0.167 e. The lowest BCUT2D eigenvalue weighted by molar-refractivity contribution is 0.414. The average Bonchev–Trinajstić information content (AvgIpc) is 2.54. The zero-order valence-electron chi connectivity index (χ0n) is 13.2. The average molecular weight is 314 g/mol. The van der Waals surface area contributed by atoms with Crippen molar-refractivity contribution < 1.29 is 4.74 Å². The molecule has 0 saturated heterocycles. The van der Waals surface area contributed by atoms with Crippen LogP contribution < -0.4 is 15.4 Å². The lowest BCUT2D eigenvalue weighted by Gasteiger charge is -2.17. The normalized spacial score (nSPS) is 11.6. The highest BCUT2D eigenvalue weighted by molar-refractivity contribution is 7.80. The van der Waals surface area contributed by atoms with E-state index in [1.54, 1.807) is 7.11 Å². The van der Waals surface area contributed by atoms with Crippen LogP contribution in [0, 0.1) is 6.92 Å². The Morgan fingerprint density at radius 2 is 1.73 bits per heavy atom. The van der Waals surface area contributed by atoms with Crippen molar-refractivity contribution in [1.82, 2.24) is 10.6 Å². The molecule has 22 heavy (non-hydrogen) atoms. The van der Waals surface area contributed by atoms with Gasteiger partial charge in [-0.25, -0.2) is 0 Å². The molecule has 0 radical (unpaired) electrons. The van der Waals surface area contributed by atoms with Crippen LogP contribution in [-0.4, -0.2) is 12.2 Å². The topological polar surface area (TPSA) is 33.3 Å². The van der Waals surface area contributed by atoms with Crippen molar-refractivity contribution in [3.8, 4) is 5.75 Å². The van der Waals surface area contributed by atoms with Gasteiger partial charge in [0.1, 0.15) is 5.75 Å². The Labute approximate surface area is 137 Å². The van der Waals surface area contributed by atoms with E-state index in [1.807, 2.05) is 24.3 Å². The number of methoxy groups -OCH3 is 1. The maximum atomic E-state index is 5.36. The molecule has 1 unspecified atom stereocenters. The summed E-state index contributed by atoms with van der Waals surface area (Å²) in [5.41, 5.74) is 3.64. The molecule has 0 aliphatic carbocycles. The van der Waals surface area contributed by atoms with Crippen LogP contribution in [0.25, 0.3) is 0 Å². The largest absolute Gasteiger partial charge is 0.497 e. The SMILES string of the molecule is COc1ccc(C(C)NC(=S)NCc2ccc(C)cc2)cc1. The molecule has 2 N–H and O–H groups in total. The number of benzene rings is 2. The van der Waals surface area contributed by atoms with Gasteiger partial charge in [0.25, 0.3) is 0 Å². The Kier molecular flexibility index (Phi) is 5.78. The summed E-state index contributed by atoms with van der Waals surface area (Å²) >= 11 is 5.36. The van der Waals surface area contributed by atoms with Crippen LogP contribution >= 0.6 is 12.2 Å². The van der Waals surface area contributed by atoms with Gasteiger partial charge in [-0.05, 0) is 49.3 Å². The molecule has 2 aromatic carbocycles. The second-order valence-electron chi connectivity index (χ2n) is 5.31. The molecule has 0 aromatic heterocycles. The maximum absolute atomic E-state index is 5.36. The number of thiocarbonyl (C=S) groups is 1. The van der Waals surface area contributed by atoms with Crippen molar-refractivity contribution in [2.24, 2.45) is 0 Å². The van der Waals surface area contributed by atoms with E-state index >= 15 is 0 Å². The number of nitrogens with one attached hydrogen (secondary N) is 2. The number of hydrogen-bond acceptors (Lipinski definition) is 2. The monoisotopic (exact) mass is 314 g/mol. The van der Waals surface area contributed by atoms with Crippen LogP contribution in [-0.2, 0) is 6.54 Å². The van der Waals surface area contributed by atoms with Crippen molar-refractivity contribution >= 4 is 17.3 Å². The predicted molar refractivity (Wildman–Crippen MR) is 95.2 cm³/mol. The molecule has 2 rings (SSSR count). The van der Waals surface area contributed by atoms with Gasteiger partial charge in [0, 0.05) is 6.54 Å². The first-order valence-electron chi connectivity index (χ1n) is 7.32. The summed E-state index contributed by atoms with van der Waals surface area (Å²) < 4.78 is 5.17. The van der Waals surface area contributed by atoms with Gasteiger partial charge >= 0.3 is 0 Å². The first-order chi connectivity index (χ1) is 10.6. The van der Waals surface area contributed by atoms with Gasteiger partial charge in [-0.2, -0.15) is 0 Å². The lowest BCUT2D eigenvalue weighted by Crippen LogP contribution is -2.36. The summed E-state index contributed by atoms with van der Waals surface area (Å²) in [5.74, 6) is 0.857. The molecule has 0 aliphatic heterocycles. The molecular weight excluding hydrogens is 292 g/mol. The smallest absolute Gasteiger partial charge is 0.167 e.